The number of carbonyl (C=O) groups is 1. The first kappa shape index (κ1) is 17.9. The van der Waals surface area contributed by atoms with Gasteiger partial charge < -0.3 is 14.8 Å². The molecule has 0 aliphatic heterocycles. The summed E-state index contributed by atoms with van der Waals surface area (Å²) >= 11 is 0. The summed E-state index contributed by atoms with van der Waals surface area (Å²) in [7, 11) is 1.64. The molecule has 1 N–H and O–H groups in total. The van der Waals surface area contributed by atoms with Gasteiger partial charge in [-0.15, -0.1) is 0 Å². The van der Waals surface area contributed by atoms with Crippen molar-refractivity contribution < 1.29 is 14.3 Å². The van der Waals surface area contributed by atoms with Crippen molar-refractivity contribution in [3.8, 4) is 11.5 Å². The highest BCUT2D eigenvalue weighted by Gasteiger charge is 2.07. The predicted octanol–water partition coefficient (Wildman–Crippen LogP) is 3.39. The number of amides is 1. The topological polar surface area (TPSA) is 47.6 Å². The first-order chi connectivity index (χ1) is 11.7. The Kier molecular flexibility index (Phi) is 7.15. The lowest BCUT2D eigenvalue weighted by molar-refractivity contribution is -0.120. The Morgan fingerprint density at radius 1 is 1.04 bits per heavy atom. The van der Waals surface area contributed by atoms with Crippen LogP contribution in [0.25, 0.3) is 0 Å². The first-order valence-corrected chi connectivity index (χ1v) is 8.33. The largest absolute Gasteiger partial charge is 0.493 e. The van der Waals surface area contributed by atoms with E-state index in [1.165, 1.54) is 0 Å². The van der Waals surface area contributed by atoms with Crippen LogP contribution in [0, 0.1) is 0 Å². The van der Waals surface area contributed by atoms with Crippen LogP contribution >= 0.6 is 0 Å². The maximum absolute atomic E-state index is 11.9. The SMILES string of the molecule is CCCOc1ccc(CCNC(=O)Cc2ccccc2)cc1OC. The van der Waals surface area contributed by atoms with Crippen molar-refractivity contribution in [3.05, 3.63) is 59.7 Å². The molecule has 0 spiro atoms. The summed E-state index contributed by atoms with van der Waals surface area (Å²) in [5.41, 5.74) is 2.13. The average Bonchev–Trinajstić information content (AvgIpc) is 2.61. The third-order valence-corrected chi connectivity index (χ3v) is 3.63. The summed E-state index contributed by atoms with van der Waals surface area (Å²) in [5, 5.41) is 2.96. The van der Waals surface area contributed by atoms with E-state index in [-0.39, 0.29) is 5.91 Å². The summed E-state index contributed by atoms with van der Waals surface area (Å²) in [6, 6.07) is 15.6. The fraction of sp³-hybridized carbons (Fsp3) is 0.350. The molecule has 1 amide bonds. The van der Waals surface area contributed by atoms with Gasteiger partial charge in [-0.3, -0.25) is 4.79 Å². The number of carbonyl (C=O) groups excluding carboxylic acids is 1. The van der Waals surface area contributed by atoms with Gasteiger partial charge in [-0.05, 0) is 36.1 Å². The van der Waals surface area contributed by atoms with Crippen LogP contribution < -0.4 is 14.8 Å². The molecule has 0 radical (unpaired) electrons. The van der Waals surface area contributed by atoms with E-state index in [1.54, 1.807) is 7.11 Å². The summed E-state index contributed by atoms with van der Waals surface area (Å²) in [5.74, 6) is 1.53. The lowest BCUT2D eigenvalue weighted by atomic mass is 10.1. The minimum Gasteiger partial charge on any atom is -0.493 e. The molecule has 0 bridgehead atoms. The number of nitrogens with one attached hydrogen (secondary N) is 1. The number of ether oxygens (including phenoxy) is 2. The fourth-order valence-electron chi connectivity index (χ4n) is 2.39. The normalized spacial score (nSPS) is 10.2. The van der Waals surface area contributed by atoms with E-state index < -0.39 is 0 Å². The third kappa shape index (κ3) is 5.61. The molecule has 0 saturated carbocycles. The molecular formula is C20H25NO3. The highest BCUT2D eigenvalue weighted by Crippen LogP contribution is 2.28. The Morgan fingerprint density at radius 2 is 1.83 bits per heavy atom. The minimum absolute atomic E-state index is 0.0380. The molecule has 0 heterocycles. The monoisotopic (exact) mass is 327 g/mol. The van der Waals surface area contributed by atoms with Gasteiger partial charge in [-0.2, -0.15) is 0 Å². The number of benzene rings is 2. The average molecular weight is 327 g/mol. The van der Waals surface area contributed by atoms with Gasteiger partial charge in [0.25, 0.3) is 0 Å². The van der Waals surface area contributed by atoms with E-state index in [1.807, 2.05) is 48.5 Å². The first-order valence-electron chi connectivity index (χ1n) is 8.33. The summed E-state index contributed by atoms with van der Waals surface area (Å²) in [6.07, 6.45) is 2.12. The molecule has 2 rings (SSSR count). The highest BCUT2D eigenvalue weighted by molar-refractivity contribution is 5.78. The molecular weight excluding hydrogens is 302 g/mol. The molecule has 0 unspecified atom stereocenters. The summed E-state index contributed by atoms with van der Waals surface area (Å²) in [4.78, 5) is 11.9. The second-order valence-corrected chi connectivity index (χ2v) is 5.60. The Labute approximate surface area is 143 Å². The van der Waals surface area contributed by atoms with Crippen LogP contribution in [0.1, 0.15) is 24.5 Å². The van der Waals surface area contributed by atoms with Crippen LogP contribution in [0.3, 0.4) is 0 Å². The van der Waals surface area contributed by atoms with Crippen LogP contribution in [0.5, 0.6) is 11.5 Å². The Bertz CT molecular complexity index is 641. The molecule has 0 atom stereocenters. The maximum atomic E-state index is 11.9. The summed E-state index contributed by atoms with van der Waals surface area (Å²) < 4.78 is 11.0. The molecule has 4 heteroatoms. The van der Waals surface area contributed by atoms with Crippen LogP contribution in [-0.4, -0.2) is 26.2 Å². The third-order valence-electron chi connectivity index (χ3n) is 3.63. The smallest absolute Gasteiger partial charge is 0.224 e. The zero-order valence-corrected chi connectivity index (χ0v) is 14.4. The maximum Gasteiger partial charge on any atom is 0.224 e. The molecule has 0 fully saturated rings. The Morgan fingerprint density at radius 3 is 2.54 bits per heavy atom. The van der Waals surface area contributed by atoms with Crippen LogP contribution in [0.2, 0.25) is 0 Å². The molecule has 0 aliphatic rings. The van der Waals surface area contributed by atoms with Gasteiger partial charge in [-0.25, -0.2) is 0 Å². The van der Waals surface area contributed by atoms with Gasteiger partial charge in [-0.1, -0.05) is 43.3 Å². The standard InChI is InChI=1S/C20H25NO3/c1-3-13-24-18-10-9-17(14-19(18)23-2)11-12-21-20(22)15-16-7-5-4-6-8-16/h4-10,14H,3,11-13,15H2,1-2H3,(H,21,22). The zero-order valence-electron chi connectivity index (χ0n) is 14.4. The second-order valence-electron chi connectivity index (χ2n) is 5.60. The number of hydrogen-bond donors (Lipinski definition) is 1. The quantitative estimate of drug-likeness (QED) is 0.768. The molecule has 2 aromatic rings. The Hall–Kier alpha value is -2.49. The van der Waals surface area contributed by atoms with Crippen molar-refractivity contribution in [2.45, 2.75) is 26.2 Å². The lowest BCUT2D eigenvalue weighted by Gasteiger charge is -2.12. The van der Waals surface area contributed by atoms with Gasteiger partial charge in [0.15, 0.2) is 11.5 Å². The second kappa shape index (κ2) is 9.60. The van der Waals surface area contributed by atoms with E-state index in [0.717, 1.165) is 35.5 Å². The van der Waals surface area contributed by atoms with E-state index in [2.05, 4.69) is 12.2 Å². The van der Waals surface area contributed by atoms with Gasteiger partial charge in [0, 0.05) is 6.54 Å². The molecule has 128 valence electrons. The molecule has 0 aliphatic carbocycles. The fourth-order valence-corrected chi connectivity index (χ4v) is 2.39. The van der Waals surface area contributed by atoms with E-state index in [9.17, 15) is 4.79 Å². The lowest BCUT2D eigenvalue weighted by Crippen LogP contribution is -2.27. The number of hydrogen-bond acceptors (Lipinski definition) is 3. The van der Waals surface area contributed by atoms with Gasteiger partial charge >= 0.3 is 0 Å². The molecule has 2 aromatic carbocycles. The minimum atomic E-state index is 0.0380. The van der Waals surface area contributed by atoms with Gasteiger partial charge in [0.2, 0.25) is 5.91 Å². The van der Waals surface area contributed by atoms with E-state index in [4.69, 9.17) is 9.47 Å². The van der Waals surface area contributed by atoms with Crippen LogP contribution in [0.15, 0.2) is 48.5 Å². The van der Waals surface area contributed by atoms with E-state index >= 15 is 0 Å². The summed E-state index contributed by atoms with van der Waals surface area (Å²) in [6.45, 7) is 3.34. The predicted molar refractivity (Wildman–Crippen MR) is 95.6 cm³/mol. The van der Waals surface area contributed by atoms with Crippen molar-refractivity contribution in [3.63, 3.8) is 0 Å². The number of rotatable bonds is 9. The van der Waals surface area contributed by atoms with Crippen molar-refractivity contribution in [2.75, 3.05) is 20.3 Å². The number of methoxy groups -OCH3 is 1. The van der Waals surface area contributed by atoms with Crippen molar-refractivity contribution in [2.24, 2.45) is 0 Å². The van der Waals surface area contributed by atoms with Gasteiger partial charge in [0.05, 0.1) is 20.1 Å². The van der Waals surface area contributed by atoms with Crippen molar-refractivity contribution >= 4 is 5.91 Å². The zero-order chi connectivity index (χ0) is 17.2. The molecule has 0 saturated heterocycles. The van der Waals surface area contributed by atoms with Gasteiger partial charge in [0.1, 0.15) is 0 Å². The van der Waals surface area contributed by atoms with Crippen molar-refractivity contribution in [1.29, 1.82) is 0 Å². The van der Waals surface area contributed by atoms with Crippen LogP contribution in [0.4, 0.5) is 0 Å². The van der Waals surface area contributed by atoms with Crippen molar-refractivity contribution in [1.82, 2.24) is 5.32 Å². The molecule has 24 heavy (non-hydrogen) atoms. The van der Waals surface area contributed by atoms with E-state index in [0.29, 0.717) is 19.6 Å². The molecule has 0 aromatic heterocycles. The van der Waals surface area contributed by atoms with Crippen LogP contribution in [-0.2, 0) is 17.6 Å². The highest BCUT2D eigenvalue weighted by atomic mass is 16.5. The Balaban J connectivity index is 1.82. The molecule has 4 nitrogen and oxygen atoms in total.